The third-order valence-electron chi connectivity index (χ3n) is 5.12. The quantitative estimate of drug-likeness (QED) is 0.890. The van der Waals surface area contributed by atoms with Crippen molar-refractivity contribution in [1.29, 1.82) is 0 Å². The van der Waals surface area contributed by atoms with E-state index in [1.807, 2.05) is 26.0 Å². The first kappa shape index (κ1) is 17.6. The van der Waals surface area contributed by atoms with Gasteiger partial charge in [-0.3, -0.25) is 5.32 Å². The number of ether oxygens (including phenoxy) is 1. The van der Waals surface area contributed by atoms with Crippen LogP contribution in [0.25, 0.3) is 0 Å². The predicted molar refractivity (Wildman–Crippen MR) is 101 cm³/mol. The summed E-state index contributed by atoms with van der Waals surface area (Å²) in [6, 6.07) is 3.87. The van der Waals surface area contributed by atoms with Gasteiger partial charge in [-0.1, -0.05) is 0 Å². The lowest BCUT2D eigenvalue weighted by atomic mass is 10.3. The monoisotopic (exact) mass is 371 g/mol. The first-order valence-corrected chi connectivity index (χ1v) is 9.47. The molecule has 2 fully saturated rings. The van der Waals surface area contributed by atoms with Crippen molar-refractivity contribution in [1.82, 2.24) is 14.9 Å². The highest BCUT2D eigenvalue weighted by atomic mass is 16.5. The van der Waals surface area contributed by atoms with Crippen LogP contribution in [0.5, 0.6) is 5.75 Å². The van der Waals surface area contributed by atoms with Crippen LogP contribution in [0.1, 0.15) is 30.7 Å². The highest BCUT2D eigenvalue weighted by molar-refractivity contribution is 5.87. The topological polar surface area (TPSA) is 83.7 Å². The van der Waals surface area contributed by atoms with Crippen molar-refractivity contribution in [2.75, 3.05) is 36.4 Å². The number of amides is 2. The molecular formula is C19H25N5O3. The number of nitrogens with one attached hydrogen (secondary N) is 1. The van der Waals surface area contributed by atoms with E-state index in [0.717, 1.165) is 36.8 Å². The zero-order chi connectivity index (χ0) is 18.8. The lowest BCUT2D eigenvalue weighted by Crippen LogP contribution is -2.34. The molecule has 1 N–H and O–H groups in total. The largest absolute Gasteiger partial charge is 0.485 e. The number of hydrogen-bond donors (Lipinski definition) is 1. The van der Waals surface area contributed by atoms with E-state index in [1.165, 1.54) is 12.8 Å². The van der Waals surface area contributed by atoms with Gasteiger partial charge in [0.05, 0.1) is 12.2 Å². The average molecular weight is 371 g/mol. The molecule has 27 heavy (non-hydrogen) atoms. The predicted octanol–water partition coefficient (Wildman–Crippen LogP) is 2.97. The van der Waals surface area contributed by atoms with Gasteiger partial charge in [0, 0.05) is 32.3 Å². The number of carbonyl (C=O) groups excluding carboxylic acids is 1. The van der Waals surface area contributed by atoms with E-state index in [-0.39, 0.29) is 18.1 Å². The summed E-state index contributed by atoms with van der Waals surface area (Å²) >= 11 is 0. The van der Waals surface area contributed by atoms with Crippen LogP contribution in [0.4, 0.5) is 16.6 Å². The molecule has 4 rings (SSSR count). The van der Waals surface area contributed by atoms with Gasteiger partial charge in [0.15, 0.2) is 11.6 Å². The number of rotatable bonds is 4. The van der Waals surface area contributed by atoms with E-state index < -0.39 is 0 Å². The summed E-state index contributed by atoms with van der Waals surface area (Å²) in [5, 5.41) is 2.72. The molecule has 8 nitrogen and oxygen atoms in total. The molecule has 2 aliphatic heterocycles. The summed E-state index contributed by atoms with van der Waals surface area (Å²) in [7, 11) is 0. The maximum absolute atomic E-state index is 12.4. The summed E-state index contributed by atoms with van der Waals surface area (Å²) in [5.74, 6) is 2.41. The molecule has 2 aromatic heterocycles. The number of urea groups is 1. The molecule has 2 aliphatic rings. The van der Waals surface area contributed by atoms with Gasteiger partial charge >= 0.3 is 12.0 Å². The van der Waals surface area contributed by atoms with Crippen LogP contribution in [0.3, 0.4) is 0 Å². The second-order valence-electron chi connectivity index (χ2n) is 7.08. The normalized spacial score (nSPS) is 19.6. The fourth-order valence-electron chi connectivity index (χ4n) is 3.53. The number of carbonyl (C=O) groups is 1. The lowest BCUT2D eigenvalue weighted by molar-refractivity contribution is 0.194. The van der Waals surface area contributed by atoms with E-state index in [4.69, 9.17) is 9.15 Å². The SMILES string of the molecule is Cc1nc(NC(=O)N2CC[C@H](Oc3cccnc3N3CCCC3)C2)oc1C. The molecule has 0 aromatic carbocycles. The van der Waals surface area contributed by atoms with Crippen molar-refractivity contribution >= 4 is 17.9 Å². The Balaban J connectivity index is 1.36. The van der Waals surface area contributed by atoms with Gasteiger partial charge in [0.25, 0.3) is 0 Å². The zero-order valence-electron chi connectivity index (χ0n) is 15.8. The summed E-state index contributed by atoms with van der Waals surface area (Å²) < 4.78 is 11.6. The van der Waals surface area contributed by atoms with Crippen LogP contribution in [0.15, 0.2) is 22.7 Å². The van der Waals surface area contributed by atoms with Crippen molar-refractivity contribution in [3.63, 3.8) is 0 Å². The van der Waals surface area contributed by atoms with Gasteiger partial charge < -0.3 is 19.0 Å². The van der Waals surface area contributed by atoms with E-state index in [0.29, 0.717) is 18.8 Å². The number of aromatic nitrogens is 2. The van der Waals surface area contributed by atoms with Crippen LogP contribution >= 0.6 is 0 Å². The number of likely N-dealkylation sites (tertiary alicyclic amines) is 1. The summed E-state index contributed by atoms with van der Waals surface area (Å²) in [6.07, 6.45) is 4.91. The van der Waals surface area contributed by atoms with Crippen LogP contribution in [0.2, 0.25) is 0 Å². The van der Waals surface area contributed by atoms with Crippen LogP contribution < -0.4 is 15.0 Å². The summed E-state index contributed by atoms with van der Waals surface area (Å²) in [6.45, 7) is 6.86. The molecule has 2 amide bonds. The number of hydrogen-bond acceptors (Lipinski definition) is 6. The average Bonchev–Trinajstić information content (AvgIpc) is 3.38. The molecule has 0 bridgehead atoms. The van der Waals surface area contributed by atoms with Gasteiger partial charge in [0.1, 0.15) is 11.9 Å². The van der Waals surface area contributed by atoms with Gasteiger partial charge in [-0.05, 0) is 38.8 Å². The van der Waals surface area contributed by atoms with Crippen molar-refractivity contribution in [3.8, 4) is 5.75 Å². The standard InChI is InChI=1S/C19H25N5O3/c1-13-14(2)26-18(21-13)22-19(25)24-11-7-15(12-24)27-16-6-5-8-20-17(16)23-9-3-4-10-23/h5-6,8,15H,3-4,7,9-12H2,1-2H3,(H,21,22,25)/t15-/m0/s1. The Kier molecular flexibility index (Phi) is 4.87. The third kappa shape index (κ3) is 3.84. The molecule has 0 radical (unpaired) electrons. The van der Waals surface area contributed by atoms with Gasteiger partial charge in [-0.15, -0.1) is 0 Å². The number of aryl methyl sites for hydroxylation is 2. The summed E-state index contributed by atoms with van der Waals surface area (Å²) in [5.41, 5.74) is 0.777. The first-order chi connectivity index (χ1) is 13.1. The second-order valence-corrected chi connectivity index (χ2v) is 7.08. The Hall–Kier alpha value is -2.77. The molecule has 8 heteroatoms. The molecular weight excluding hydrogens is 346 g/mol. The molecule has 0 unspecified atom stereocenters. The van der Waals surface area contributed by atoms with Crippen molar-refractivity contribution < 1.29 is 13.9 Å². The Morgan fingerprint density at radius 3 is 2.85 bits per heavy atom. The Labute approximate surface area is 158 Å². The number of pyridine rings is 1. The minimum absolute atomic E-state index is 0.0469. The summed E-state index contributed by atoms with van der Waals surface area (Å²) in [4.78, 5) is 25.1. The molecule has 144 valence electrons. The van der Waals surface area contributed by atoms with Crippen LogP contribution in [-0.2, 0) is 0 Å². The van der Waals surface area contributed by atoms with Gasteiger partial charge in [-0.2, -0.15) is 4.98 Å². The maximum atomic E-state index is 12.4. The van der Waals surface area contributed by atoms with Crippen LogP contribution in [0, 0.1) is 13.8 Å². The minimum atomic E-state index is -0.215. The van der Waals surface area contributed by atoms with Crippen LogP contribution in [-0.4, -0.2) is 53.2 Å². The fourth-order valence-corrected chi connectivity index (χ4v) is 3.53. The Bertz CT molecular complexity index is 796. The van der Waals surface area contributed by atoms with E-state index in [9.17, 15) is 4.79 Å². The highest BCUT2D eigenvalue weighted by Gasteiger charge is 2.29. The van der Waals surface area contributed by atoms with E-state index in [2.05, 4.69) is 20.2 Å². The fraction of sp³-hybridized carbons (Fsp3) is 0.526. The zero-order valence-corrected chi connectivity index (χ0v) is 15.8. The number of oxazole rings is 1. The molecule has 2 aromatic rings. The molecule has 4 heterocycles. The van der Waals surface area contributed by atoms with Crippen molar-refractivity contribution in [2.24, 2.45) is 0 Å². The minimum Gasteiger partial charge on any atom is -0.485 e. The molecule has 2 saturated heterocycles. The van der Waals surface area contributed by atoms with Crippen molar-refractivity contribution in [3.05, 3.63) is 29.8 Å². The lowest BCUT2D eigenvalue weighted by Gasteiger charge is -2.22. The number of anilines is 2. The Morgan fingerprint density at radius 2 is 2.11 bits per heavy atom. The van der Waals surface area contributed by atoms with Crippen molar-refractivity contribution in [2.45, 2.75) is 39.2 Å². The molecule has 0 saturated carbocycles. The number of nitrogens with zero attached hydrogens (tertiary/aromatic N) is 4. The Morgan fingerprint density at radius 1 is 1.30 bits per heavy atom. The van der Waals surface area contributed by atoms with Gasteiger partial charge in [-0.25, -0.2) is 9.78 Å². The molecule has 1 atom stereocenters. The first-order valence-electron chi connectivity index (χ1n) is 9.47. The van der Waals surface area contributed by atoms with E-state index >= 15 is 0 Å². The smallest absolute Gasteiger partial charge is 0.325 e. The molecule has 0 spiro atoms. The maximum Gasteiger partial charge on any atom is 0.325 e. The van der Waals surface area contributed by atoms with E-state index in [1.54, 1.807) is 11.1 Å². The third-order valence-corrected chi connectivity index (χ3v) is 5.12. The van der Waals surface area contributed by atoms with Gasteiger partial charge in [0.2, 0.25) is 0 Å². The second kappa shape index (κ2) is 7.46. The highest BCUT2D eigenvalue weighted by Crippen LogP contribution is 2.30. The molecule has 0 aliphatic carbocycles.